The van der Waals surface area contributed by atoms with Crippen LogP contribution in [0.25, 0.3) is 6.08 Å². The molecule has 0 saturated carbocycles. The van der Waals surface area contributed by atoms with Crippen LogP contribution in [0.1, 0.15) is 32.5 Å². The van der Waals surface area contributed by atoms with E-state index >= 15 is 0 Å². The first-order chi connectivity index (χ1) is 10.6. The van der Waals surface area contributed by atoms with Crippen molar-refractivity contribution < 1.29 is 9.53 Å². The summed E-state index contributed by atoms with van der Waals surface area (Å²) in [5.74, 6) is 0.705. The van der Waals surface area contributed by atoms with Crippen LogP contribution in [0.4, 0.5) is 5.82 Å². The van der Waals surface area contributed by atoms with Crippen molar-refractivity contribution in [2.75, 3.05) is 18.1 Å². The molecule has 0 fully saturated rings. The molecule has 126 valence electrons. The molecular weight excluding hydrogens is 310 g/mol. The van der Waals surface area contributed by atoms with E-state index in [1.807, 2.05) is 4.90 Å². The van der Waals surface area contributed by atoms with Gasteiger partial charge in [0.05, 0.1) is 18.8 Å². The molecule has 0 spiro atoms. The van der Waals surface area contributed by atoms with Crippen LogP contribution in [0.2, 0.25) is 18.1 Å². The van der Waals surface area contributed by atoms with Gasteiger partial charge in [0.15, 0.2) is 8.32 Å². The third-order valence-electron chi connectivity index (χ3n) is 5.24. The van der Waals surface area contributed by atoms with E-state index in [4.69, 9.17) is 4.43 Å². The molecule has 0 saturated heterocycles. The van der Waals surface area contributed by atoms with Gasteiger partial charge in [-0.3, -0.25) is 9.36 Å². The minimum absolute atomic E-state index is 0.0945. The van der Waals surface area contributed by atoms with Gasteiger partial charge in [-0.2, -0.15) is 0 Å². The minimum atomic E-state index is -1.89. The van der Waals surface area contributed by atoms with E-state index in [0.29, 0.717) is 19.0 Å². The zero-order valence-electron chi connectivity index (χ0n) is 14.4. The van der Waals surface area contributed by atoms with Crippen LogP contribution in [-0.2, 0) is 4.43 Å². The number of aliphatic hydroxyl groups excluding tert-OH is 1. The van der Waals surface area contributed by atoms with Gasteiger partial charge in [-0.25, -0.2) is 4.98 Å². The molecule has 7 heteroatoms. The quantitative estimate of drug-likeness (QED) is 0.856. The molecule has 1 aromatic rings. The Morgan fingerprint density at radius 2 is 2.13 bits per heavy atom. The van der Waals surface area contributed by atoms with Gasteiger partial charge in [0.2, 0.25) is 0 Å². The number of rotatable bonds is 3. The summed E-state index contributed by atoms with van der Waals surface area (Å²) in [4.78, 5) is 18.3. The number of aromatic nitrogens is 2. The third kappa shape index (κ3) is 2.66. The Balaban J connectivity index is 1.90. The maximum absolute atomic E-state index is 12.3. The highest BCUT2D eigenvalue weighted by molar-refractivity contribution is 6.74. The average molecular weight is 335 g/mol. The zero-order valence-corrected chi connectivity index (χ0v) is 15.4. The van der Waals surface area contributed by atoms with Gasteiger partial charge >= 0.3 is 0 Å². The van der Waals surface area contributed by atoms with Crippen molar-refractivity contribution in [3.8, 4) is 0 Å². The molecule has 0 amide bonds. The van der Waals surface area contributed by atoms with Gasteiger partial charge in [0, 0.05) is 6.54 Å². The Labute approximate surface area is 137 Å². The van der Waals surface area contributed by atoms with Crippen LogP contribution in [0, 0.1) is 0 Å². The van der Waals surface area contributed by atoms with Crippen LogP contribution in [0.15, 0.2) is 17.1 Å². The SMILES string of the molecule is CC(C)(C)[Si](C)(C)OC[C@@H]1CN2c3c(ncc(=O)n31)C=CC2O. The highest BCUT2D eigenvalue weighted by Crippen LogP contribution is 2.39. The predicted molar refractivity (Wildman–Crippen MR) is 93.1 cm³/mol. The maximum Gasteiger partial charge on any atom is 0.271 e. The fourth-order valence-corrected chi connectivity index (χ4v) is 3.83. The summed E-state index contributed by atoms with van der Waals surface area (Å²) in [5, 5.41) is 10.3. The van der Waals surface area contributed by atoms with Crippen molar-refractivity contribution in [3.63, 3.8) is 0 Å². The number of nitrogens with zero attached hydrogens (tertiary/aromatic N) is 3. The lowest BCUT2D eigenvalue weighted by Crippen LogP contribution is -2.43. The lowest BCUT2D eigenvalue weighted by Gasteiger charge is -2.37. The Morgan fingerprint density at radius 1 is 1.43 bits per heavy atom. The summed E-state index contributed by atoms with van der Waals surface area (Å²) >= 11 is 0. The molecule has 2 aliphatic rings. The number of hydrogen-bond acceptors (Lipinski definition) is 5. The first-order valence-corrected chi connectivity index (χ1v) is 10.9. The topological polar surface area (TPSA) is 67.6 Å². The van der Waals surface area contributed by atoms with Crippen molar-refractivity contribution in [2.45, 2.75) is 51.2 Å². The maximum atomic E-state index is 12.3. The van der Waals surface area contributed by atoms with Gasteiger partial charge in [0.25, 0.3) is 5.56 Å². The first-order valence-electron chi connectivity index (χ1n) is 8.00. The second kappa shape index (κ2) is 5.29. The van der Waals surface area contributed by atoms with E-state index in [1.54, 1.807) is 16.7 Å². The molecule has 2 atom stereocenters. The summed E-state index contributed by atoms with van der Waals surface area (Å²) in [6.07, 6.45) is 4.10. The van der Waals surface area contributed by atoms with Crippen LogP contribution in [0.5, 0.6) is 0 Å². The van der Waals surface area contributed by atoms with Crippen LogP contribution in [0.3, 0.4) is 0 Å². The summed E-state index contributed by atoms with van der Waals surface area (Å²) in [6.45, 7) is 12.0. The Morgan fingerprint density at radius 3 is 2.78 bits per heavy atom. The molecule has 6 nitrogen and oxygen atoms in total. The molecule has 1 unspecified atom stereocenters. The van der Waals surface area contributed by atoms with E-state index in [9.17, 15) is 9.90 Å². The molecule has 0 aromatic carbocycles. The molecule has 1 aromatic heterocycles. The molecule has 3 rings (SSSR count). The standard InChI is InChI=1S/C16H25N3O3Si/c1-16(2,3)23(4,5)22-10-11-9-18-13(20)7-6-12-15(18)19(11)14(21)8-17-12/h6-8,11,13,20H,9-10H2,1-5H3/t11-,13?/m0/s1. The fraction of sp³-hybridized carbons (Fsp3) is 0.625. The lowest BCUT2D eigenvalue weighted by molar-refractivity contribution is 0.206. The summed E-state index contributed by atoms with van der Waals surface area (Å²) in [7, 11) is -1.89. The molecule has 1 N–H and O–H groups in total. The van der Waals surface area contributed by atoms with Gasteiger partial charge in [-0.05, 0) is 30.3 Å². The number of hydrogen-bond donors (Lipinski definition) is 1. The lowest BCUT2D eigenvalue weighted by atomic mass is 10.2. The van der Waals surface area contributed by atoms with Crippen molar-refractivity contribution in [1.29, 1.82) is 0 Å². The van der Waals surface area contributed by atoms with Crippen LogP contribution < -0.4 is 10.5 Å². The van der Waals surface area contributed by atoms with Crippen molar-refractivity contribution in [1.82, 2.24) is 9.55 Å². The molecule has 0 radical (unpaired) electrons. The van der Waals surface area contributed by atoms with E-state index in [0.717, 1.165) is 5.69 Å². The van der Waals surface area contributed by atoms with Gasteiger partial charge in [0.1, 0.15) is 17.7 Å². The number of anilines is 1. The highest BCUT2D eigenvalue weighted by Gasteiger charge is 2.41. The largest absolute Gasteiger partial charge is 0.415 e. The molecular formula is C16H25N3O3Si. The zero-order chi connectivity index (χ0) is 17.0. The summed E-state index contributed by atoms with van der Waals surface area (Å²) in [5.41, 5.74) is 0.585. The highest BCUT2D eigenvalue weighted by atomic mass is 28.4. The minimum Gasteiger partial charge on any atom is -0.415 e. The van der Waals surface area contributed by atoms with Gasteiger partial charge < -0.3 is 14.4 Å². The Hall–Kier alpha value is -1.44. The van der Waals surface area contributed by atoms with Crippen LogP contribution in [-0.4, -0.2) is 42.4 Å². The Bertz CT molecular complexity index is 706. The van der Waals surface area contributed by atoms with Gasteiger partial charge in [-0.15, -0.1) is 0 Å². The molecule has 2 aliphatic heterocycles. The fourth-order valence-electron chi connectivity index (χ4n) is 2.79. The van der Waals surface area contributed by atoms with Crippen molar-refractivity contribution in [2.24, 2.45) is 0 Å². The molecule has 3 heterocycles. The molecule has 23 heavy (non-hydrogen) atoms. The average Bonchev–Trinajstić information content (AvgIpc) is 2.84. The van der Waals surface area contributed by atoms with Crippen molar-refractivity contribution >= 4 is 20.2 Å². The first kappa shape index (κ1) is 16.4. The Kier molecular flexibility index (Phi) is 3.77. The smallest absolute Gasteiger partial charge is 0.271 e. The van der Waals surface area contributed by atoms with Gasteiger partial charge in [-0.1, -0.05) is 20.8 Å². The van der Waals surface area contributed by atoms with E-state index in [1.165, 1.54) is 6.20 Å². The summed E-state index contributed by atoms with van der Waals surface area (Å²) in [6, 6.07) is -0.0945. The monoisotopic (exact) mass is 335 g/mol. The number of aliphatic hydroxyl groups is 1. The molecule has 0 aliphatic carbocycles. The van der Waals surface area contributed by atoms with E-state index < -0.39 is 14.5 Å². The van der Waals surface area contributed by atoms with Crippen LogP contribution >= 0.6 is 0 Å². The molecule has 0 bridgehead atoms. The third-order valence-corrected chi connectivity index (χ3v) is 9.74. The van der Waals surface area contributed by atoms with Crippen molar-refractivity contribution in [3.05, 3.63) is 28.3 Å². The normalized spacial score (nSPS) is 23.3. The second-order valence-electron chi connectivity index (χ2n) is 7.83. The van der Waals surface area contributed by atoms with E-state index in [-0.39, 0.29) is 16.6 Å². The predicted octanol–water partition coefficient (Wildman–Crippen LogP) is 1.97. The van der Waals surface area contributed by atoms with E-state index in [2.05, 4.69) is 38.8 Å². The second-order valence-corrected chi connectivity index (χ2v) is 12.6. The summed E-state index contributed by atoms with van der Waals surface area (Å²) < 4.78 is 8.03.